The van der Waals surface area contributed by atoms with E-state index in [1.54, 1.807) is 14.2 Å². The lowest BCUT2D eigenvalue weighted by Gasteiger charge is -2.49. The van der Waals surface area contributed by atoms with Gasteiger partial charge in [0.25, 0.3) is 0 Å². The molecular formula is C23H26N2O3. The minimum Gasteiger partial charge on any atom is -0.493 e. The number of amides is 1. The van der Waals surface area contributed by atoms with E-state index in [1.165, 1.54) is 11.3 Å². The maximum absolute atomic E-state index is 12.4. The number of carbonyl (C=O) groups excluding carboxylic acids is 1. The Hall–Kier alpha value is -2.95. The summed E-state index contributed by atoms with van der Waals surface area (Å²) in [4.78, 5) is 14.8. The first kappa shape index (κ1) is 18.4. The van der Waals surface area contributed by atoms with Gasteiger partial charge in [0.1, 0.15) is 5.66 Å². The molecule has 2 aromatic carbocycles. The molecule has 1 atom stereocenters. The second-order valence-electron chi connectivity index (χ2n) is 7.81. The van der Waals surface area contributed by atoms with Crippen LogP contribution in [-0.2, 0) is 10.2 Å². The molecule has 1 amide bonds. The third-order valence-corrected chi connectivity index (χ3v) is 6.06. The Balaban J connectivity index is 1.80. The van der Waals surface area contributed by atoms with E-state index in [1.807, 2.05) is 24.3 Å². The normalized spacial score (nSPS) is 22.6. The molecule has 0 radical (unpaired) electrons. The van der Waals surface area contributed by atoms with Crippen molar-refractivity contribution in [3.63, 3.8) is 0 Å². The Morgan fingerprint density at radius 1 is 1.07 bits per heavy atom. The van der Waals surface area contributed by atoms with Crippen LogP contribution in [0.5, 0.6) is 11.5 Å². The van der Waals surface area contributed by atoms with Crippen molar-refractivity contribution in [3.05, 3.63) is 59.7 Å². The quantitative estimate of drug-likeness (QED) is 0.881. The number of hydrogen-bond donors (Lipinski definition) is 1. The number of hydrogen-bond acceptors (Lipinski definition) is 4. The van der Waals surface area contributed by atoms with E-state index >= 15 is 0 Å². The van der Waals surface area contributed by atoms with Crippen molar-refractivity contribution in [2.45, 2.75) is 31.3 Å². The fourth-order valence-electron chi connectivity index (χ4n) is 4.49. The highest BCUT2D eigenvalue weighted by Crippen LogP contribution is 2.52. The first-order valence-corrected chi connectivity index (χ1v) is 9.52. The fourth-order valence-corrected chi connectivity index (χ4v) is 4.49. The molecule has 0 aliphatic carbocycles. The molecule has 2 heterocycles. The number of para-hydroxylation sites is 1. The summed E-state index contributed by atoms with van der Waals surface area (Å²) in [6.45, 7) is 5.08. The van der Waals surface area contributed by atoms with E-state index in [2.05, 4.69) is 54.4 Å². The van der Waals surface area contributed by atoms with Gasteiger partial charge in [-0.1, -0.05) is 44.2 Å². The monoisotopic (exact) mass is 378 g/mol. The Morgan fingerprint density at radius 2 is 1.82 bits per heavy atom. The zero-order valence-electron chi connectivity index (χ0n) is 16.8. The molecule has 5 nitrogen and oxygen atoms in total. The number of methoxy groups -OCH3 is 2. The second-order valence-corrected chi connectivity index (χ2v) is 7.81. The lowest BCUT2D eigenvalue weighted by Crippen LogP contribution is -2.68. The predicted octanol–water partition coefficient (Wildman–Crippen LogP) is 3.73. The van der Waals surface area contributed by atoms with Crippen molar-refractivity contribution in [1.82, 2.24) is 5.32 Å². The summed E-state index contributed by atoms with van der Waals surface area (Å²) in [5, 5.41) is 3.29. The molecular weight excluding hydrogens is 352 g/mol. The highest BCUT2D eigenvalue weighted by atomic mass is 16.5. The van der Waals surface area contributed by atoms with Crippen LogP contribution in [0.2, 0.25) is 0 Å². The van der Waals surface area contributed by atoms with Crippen LogP contribution in [0.25, 0.3) is 6.08 Å². The van der Waals surface area contributed by atoms with Gasteiger partial charge in [-0.05, 0) is 35.4 Å². The van der Waals surface area contributed by atoms with Crippen LogP contribution in [0.15, 0.2) is 48.5 Å². The van der Waals surface area contributed by atoms with Gasteiger partial charge in [0.2, 0.25) is 5.91 Å². The van der Waals surface area contributed by atoms with Crippen molar-refractivity contribution in [1.29, 1.82) is 0 Å². The van der Waals surface area contributed by atoms with Crippen molar-refractivity contribution in [2.24, 2.45) is 0 Å². The first-order valence-electron chi connectivity index (χ1n) is 9.52. The Labute approximate surface area is 165 Å². The van der Waals surface area contributed by atoms with Gasteiger partial charge in [0, 0.05) is 24.1 Å². The smallest absolute Gasteiger partial charge is 0.223 e. The van der Waals surface area contributed by atoms with Gasteiger partial charge in [-0.3, -0.25) is 4.79 Å². The summed E-state index contributed by atoms with van der Waals surface area (Å²) in [5.41, 5.74) is 2.52. The van der Waals surface area contributed by atoms with Gasteiger partial charge < -0.3 is 19.7 Å². The zero-order chi connectivity index (χ0) is 19.9. The molecule has 5 heteroatoms. The molecule has 2 aliphatic heterocycles. The summed E-state index contributed by atoms with van der Waals surface area (Å²) in [7, 11) is 3.25. The van der Waals surface area contributed by atoms with Gasteiger partial charge in [-0.15, -0.1) is 0 Å². The third-order valence-electron chi connectivity index (χ3n) is 6.06. The van der Waals surface area contributed by atoms with Crippen molar-refractivity contribution in [2.75, 3.05) is 25.7 Å². The molecule has 1 unspecified atom stereocenters. The summed E-state index contributed by atoms with van der Waals surface area (Å²) in [6.07, 6.45) is 4.66. The Kier molecular flexibility index (Phi) is 4.33. The maximum atomic E-state index is 12.4. The highest BCUT2D eigenvalue weighted by Gasteiger charge is 2.57. The number of fused-ring (bicyclic) bond motifs is 3. The van der Waals surface area contributed by atoms with Gasteiger partial charge >= 0.3 is 0 Å². The lowest BCUT2D eigenvalue weighted by molar-refractivity contribution is -0.124. The average molecular weight is 378 g/mol. The Morgan fingerprint density at radius 3 is 2.57 bits per heavy atom. The number of carbonyl (C=O) groups is 1. The third kappa shape index (κ3) is 2.57. The van der Waals surface area contributed by atoms with Crippen molar-refractivity contribution < 1.29 is 14.3 Å². The van der Waals surface area contributed by atoms with E-state index in [0.29, 0.717) is 24.5 Å². The summed E-state index contributed by atoms with van der Waals surface area (Å²) < 4.78 is 10.8. The molecule has 1 saturated heterocycles. The second kappa shape index (κ2) is 6.59. The molecule has 28 heavy (non-hydrogen) atoms. The van der Waals surface area contributed by atoms with E-state index in [9.17, 15) is 4.79 Å². The number of benzene rings is 2. The lowest BCUT2D eigenvalue weighted by atomic mass is 9.74. The SMILES string of the molecule is COc1ccc(/C=C/C23NC(=O)CCN2c2ccccc2C3(C)C)cc1OC. The molecule has 0 saturated carbocycles. The van der Waals surface area contributed by atoms with Gasteiger partial charge in [0.15, 0.2) is 11.5 Å². The first-order chi connectivity index (χ1) is 13.4. The fraction of sp³-hybridized carbons (Fsp3) is 0.348. The molecule has 146 valence electrons. The molecule has 1 N–H and O–H groups in total. The molecule has 0 spiro atoms. The van der Waals surface area contributed by atoms with Crippen molar-refractivity contribution >= 4 is 17.7 Å². The molecule has 2 aromatic rings. The van der Waals surface area contributed by atoms with Crippen LogP contribution in [0.4, 0.5) is 5.69 Å². The van der Waals surface area contributed by atoms with Crippen LogP contribution in [0, 0.1) is 0 Å². The number of rotatable bonds is 4. The van der Waals surface area contributed by atoms with E-state index in [0.717, 1.165) is 5.56 Å². The minimum absolute atomic E-state index is 0.0779. The Bertz CT molecular complexity index is 951. The summed E-state index contributed by atoms with van der Waals surface area (Å²) in [6, 6.07) is 14.2. The number of nitrogens with zero attached hydrogens (tertiary/aromatic N) is 1. The molecule has 1 fully saturated rings. The van der Waals surface area contributed by atoms with E-state index < -0.39 is 5.66 Å². The predicted molar refractivity (Wildman–Crippen MR) is 111 cm³/mol. The van der Waals surface area contributed by atoms with Gasteiger partial charge in [-0.25, -0.2) is 0 Å². The topological polar surface area (TPSA) is 50.8 Å². The number of anilines is 1. The van der Waals surface area contributed by atoms with E-state index in [-0.39, 0.29) is 11.3 Å². The van der Waals surface area contributed by atoms with Gasteiger partial charge in [0.05, 0.1) is 14.2 Å². The molecule has 4 rings (SSSR count). The molecule has 0 aromatic heterocycles. The van der Waals surface area contributed by atoms with Gasteiger partial charge in [-0.2, -0.15) is 0 Å². The number of ether oxygens (including phenoxy) is 2. The minimum atomic E-state index is -0.612. The highest BCUT2D eigenvalue weighted by molar-refractivity contribution is 5.84. The standard InChI is InChI=1S/C23H26N2O3/c1-22(2)17-7-5-6-8-18(17)25-14-12-21(26)24-23(22,25)13-11-16-9-10-19(27-3)20(15-16)28-4/h5-11,13,15H,12,14H2,1-4H3,(H,24,26)/b13-11+. The number of nitrogens with one attached hydrogen (secondary N) is 1. The maximum Gasteiger partial charge on any atom is 0.223 e. The summed E-state index contributed by atoms with van der Waals surface area (Å²) >= 11 is 0. The molecule has 2 aliphatic rings. The van der Waals surface area contributed by atoms with Crippen LogP contribution >= 0.6 is 0 Å². The van der Waals surface area contributed by atoms with E-state index in [4.69, 9.17) is 9.47 Å². The molecule has 0 bridgehead atoms. The largest absolute Gasteiger partial charge is 0.493 e. The average Bonchev–Trinajstić information content (AvgIpc) is 2.90. The van der Waals surface area contributed by atoms with Crippen molar-refractivity contribution in [3.8, 4) is 11.5 Å². The van der Waals surface area contributed by atoms with Crippen LogP contribution < -0.4 is 19.7 Å². The summed E-state index contributed by atoms with van der Waals surface area (Å²) in [5.74, 6) is 1.45. The van der Waals surface area contributed by atoms with Crippen LogP contribution in [-0.4, -0.2) is 32.3 Å². The van der Waals surface area contributed by atoms with Crippen LogP contribution in [0.3, 0.4) is 0 Å². The van der Waals surface area contributed by atoms with Crippen LogP contribution in [0.1, 0.15) is 31.4 Å². The zero-order valence-corrected chi connectivity index (χ0v) is 16.8.